The Labute approximate surface area is 86.2 Å². The number of rotatable bonds is 1. The fourth-order valence-corrected chi connectivity index (χ4v) is 1.59. The number of hydrogen-bond acceptors (Lipinski definition) is 2. The fourth-order valence-electron chi connectivity index (χ4n) is 1.42. The van der Waals surface area contributed by atoms with Crippen LogP contribution < -0.4 is 0 Å². The average Bonchev–Trinajstić information content (AvgIpc) is 2.23. The van der Waals surface area contributed by atoms with Gasteiger partial charge in [-0.2, -0.15) is 0 Å². The van der Waals surface area contributed by atoms with Gasteiger partial charge in [-0.3, -0.25) is 9.59 Å². The van der Waals surface area contributed by atoms with Crippen molar-refractivity contribution in [3.8, 4) is 0 Å². The topological polar surface area (TPSA) is 34.1 Å². The summed E-state index contributed by atoms with van der Waals surface area (Å²) in [4.78, 5) is 22.8. The number of fused-ring (bicyclic) bond motifs is 1. The highest BCUT2D eigenvalue weighted by molar-refractivity contribution is 6.22. The van der Waals surface area contributed by atoms with Crippen LogP contribution in [0.4, 0.5) is 0 Å². The van der Waals surface area contributed by atoms with Crippen molar-refractivity contribution in [2.75, 3.05) is 0 Å². The molecular weight excluding hydrogens is 200 g/mol. The number of carbonyl (C=O) groups is 2. The Bertz CT molecular complexity index is 447. The van der Waals surface area contributed by atoms with Gasteiger partial charge in [-0.15, -0.1) is 11.6 Å². The minimum absolute atomic E-state index is 0.124. The molecule has 0 unspecified atom stereocenters. The molecule has 14 heavy (non-hydrogen) atoms. The summed E-state index contributed by atoms with van der Waals surface area (Å²) < 4.78 is 0. The molecule has 0 N–H and O–H groups in total. The minimum atomic E-state index is -0.133. The number of hydrogen-bond donors (Lipinski definition) is 0. The maximum absolute atomic E-state index is 11.4. The summed E-state index contributed by atoms with van der Waals surface area (Å²) in [5.41, 5.74) is 1.77. The van der Waals surface area contributed by atoms with Crippen LogP contribution in [-0.4, -0.2) is 11.6 Å². The van der Waals surface area contributed by atoms with Crippen molar-refractivity contribution in [3.05, 3.63) is 47.0 Å². The van der Waals surface area contributed by atoms with Crippen molar-refractivity contribution in [2.24, 2.45) is 0 Å². The van der Waals surface area contributed by atoms with Crippen LogP contribution in [0, 0.1) is 0 Å². The van der Waals surface area contributed by atoms with E-state index in [9.17, 15) is 9.59 Å². The molecule has 3 heteroatoms. The maximum atomic E-state index is 11.4. The van der Waals surface area contributed by atoms with Gasteiger partial charge in [0.2, 0.25) is 0 Å². The first-order chi connectivity index (χ1) is 6.72. The first kappa shape index (κ1) is 9.16. The van der Waals surface area contributed by atoms with Gasteiger partial charge in [0.05, 0.1) is 0 Å². The Morgan fingerprint density at radius 1 is 1.00 bits per heavy atom. The van der Waals surface area contributed by atoms with E-state index in [-0.39, 0.29) is 11.6 Å². The molecule has 1 aliphatic carbocycles. The molecule has 1 aromatic carbocycles. The molecule has 0 aliphatic heterocycles. The van der Waals surface area contributed by atoms with Crippen molar-refractivity contribution < 1.29 is 9.59 Å². The van der Waals surface area contributed by atoms with E-state index in [0.29, 0.717) is 17.0 Å². The second-order valence-electron chi connectivity index (χ2n) is 3.08. The highest BCUT2D eigenvalue weighted by Crippen LogP contribution is 2.19. The number of allylic oxidation sites excluding steroid dienone is 2. The number of alkyl halides is 1. The lowest BCUT2D eigenvalue weighted by Crippen LogP contribution is -2.11. The van der Waals surface area contributed by atoms with Crippen LogP contribution >= 0.6 is 11.6 Å². The SMILES string of the molecule is O=C1C=CC(=O)c2cc(CCl)ccc21. The number of halogens is 1. The van der Waals surface area contributed by atoms with Crippen molar-refractivity contribution in [2.45, 2.75) is 5.88 Å². The lowest BCUT2D eigenvalue weighted by molar-refractivity contribution is 0.0994. The number of carbonyl (C=O) groups excluding carboxylic acids is 2. The van der Waals surface area contributed by atoms with Crippen LogP contribution in [0.3, 0.4) is 0 Å². The number of ketones is 2. The largest absolute Gasteiger partial charge is 0.289 e. The van der Waals surface area contributed by atoms with Crippen LogP contribution in [0.1, 0.15) is 26.3 Å². The lowest BCUT2D eigenvalue weighted by Gasteiger charge is -2.09. The monoisotopic (exact) mass is 206 g/mol. The zero-order valence-corrected chi connectivity index (χ0v) is 8.04. The molecule has 0 fully saturated rings. The van der Waals surface area contributed by atoms with Crippen LogP contribution in [-0.2, 0) is 5.88 Å². The predicted molar refractivity (Wildman–Crippen MR) is 53.8 cm³/mol. The second kappa shape index (κ2) is 3.39. The lowest BCUT2D eigenvalue weighted by atomic mass is 9.93. The van der Waals surface area contributed by atoms with Crippen molar-refractivity contribution in [1.82, 2.24) is 0 Å². The van der Waals surface area contributed by atoms with E-state index in [2.05, 4.69) is 0 Å². The summed E-state index contributed by atoms with van der Waals surface area (Å²) in [5.74, 6) is 0.0886. The van der Waals surface area contributed by atoms with Crippen molar-refractivity contribution in [1.29, 1.82) is 0 Å². The van der Waals surface area contributed by atoms with Crippen molar-refractivity contribution in [3.63, 3.8) is 0 Å². The summed E-state index contributed by atoms with van der Waals surface area (Å²) in [6.45, 7) is 0. The van der Waals surface area contributed by atoms with Crippen LogP contribution in [0.15, 0.2) is 30.4 Å². The van der Waals surface area contributed by atoms with E-state index in [0.717, 1.165) is 5.56 Å². The summed E-state index contributed by atoms with van der Waals surface area (Å²) >= 11 is 5.64. The Hall–Kier alpha value is -1.41. The molecule has 1 aromatic rings. The minimum Gasteiger partial charge on any atom is -0.289 e. The van der Waals surface area contributed by atoms with Gasteiger partial charge in [0.25, 0.3) is 0 Å². The van der Waals surface area contributed by atoms with Gasteiger partial charge < -0.3 is 0 Å². The third kappa shape index (κ3) is 1.38. The standard InChI is InChI=1S/C11H7ClO2/c12-6-7-1-2-8-9(5-7)11(14)4-3-10(8)13/h1-5H,6H2. The molecule has 1 aliphatic rings. The third-order valence-corrected chi connectivity index (χ3v) is 2.46. The smallest absolute Gasteiger partial charge is 0.186 e. The number of benzene rings is 1. The van der Waals surface area contributed by atoms with E-state index in [1.807, 2.05) is 0 Å². The Morgan fingerprint density at radius 3 is 2.29 bits per heavy atom. The molecule has 0 bridgehead atoms. The van der Waals surface area contributed by atoms with E-state index >= 15 is 0 Å². The molecule has 0 saturated carbocycles. The molecular formula is C11H7ClO2. The quantitative estimate of drug-likeness (QED) is 0.661. The van der Waals surface area contributed by atoms with Gasteiger partial charge in [0.1, 0.15) is 0 Å². The molecule has 70 valence electrons. The molecule has 0 heterocycles. The highest BCUT2D eigenvalue weighted by atomic mass is 35.5. The van der Waals surface area contributed by atoms with Crippen LogP contribution in [0.25, 0.3) is 0 Å². The maximum Gasteiger partial charge on any atom is 0.186 e. The van der Waals surface area contributed by atoms with E-state index in [4.69, 9.17) is 11.6 Å². The molecule has 0 saturated heterocycles. The molecule has 2 rings (SSSR count). The molecule has 2 nitrogen and oxygen atoms in total. The Kier molecular flexibility index (Phi) is 2.22. The second-order valence-corrected chi connectivity index (χ2v) is 3.34. The van der Waals surface area contributed by atoms with Crippen LogP contribution in [0.2, 0.25) is 0 Å². The van der Waals surface area contributed by atoms with Gasteiger partial charge in [-0.1, -0.05) is 6.07 Å². The van der Waals surface area contributed by atoms with Gasteiger partial charge in [0, 0.05) is 17.0 Å². The van der Waals surface area contributed by atoms with E-state index in [1.54, 1.807) is 18.2 Å². The highest BCUT2D eigenvalue weighted by Gasteiger charge is 2.18. The average molecular weight is 207 g/mol. The van der Waals surface area contributed by atoms with E-state index in [1.165, 1.54) is 12.2 Å². The van der Waals surface area contributed by atoms with Gasteiger partial charge in [0.15, 0.2) is 11.6 Å². The summed E-state index contributed by atoms with van der Waals surface area (Å²) in [6, 6.07) is 5.08. The summed E-state index contributed by atoms with van der Waals surface area (Å²) in [5, 5.41) is 0. The summed E-state index contributed by atoms with van der Waals surface area (Å²) in [7, 11) is 0. The first-order valence-electron chi connectivity index (χ1n) is 4.18. The van der Waals surface area contributed by atoms with Gasteiger partial charge in [-0.25, -0.2) is 0 Å². The zero-order chi connectivity index (χ0) is 10.1. The summed E-state index contributed by atoms with van der Waals surface area (Å²) in [6.07, 6.45) is 2.59. The predicted octanol–water partition coefficient (Wildman–Crippen LogP) is 2.36. The fraction of sp³-hybridized carbons (Fsp3) is 0.0909. The molecule has 0 radical (unpaired) electrons. The van der Waals surface area contributed by atoms with E-state index < -0.39 is 0 Å². The van der Waals surface area contributed by atoms with Crippen molar-refractivity contribution >= 4 is 23.2 Å². The van der Waals surface area contributed by atoms with Gasteiger partial charge in [-0.05, 0) is 29.8 Å². The normalized spacial score (nSPS) is 14.4. The molecule has 0 aromatic heterocycles. The Morgan fingerprint density at radius 2 is 1.64 bits per heavy atom. The first-order valence-corrected chi connectivity index (χ1v) is 4.71. The molecule has 0 amide bonds. The molecule has 0 spiro atoms. The molecule has 0 atom stereocenters. The third-order valence-electron chi connectivity index (χ3n) is 2.16. The Balaban J connectivity index is 2.61. The zero-order valence-electron chi connectivity index (χ0n) is 7.29. The van der Waals surface area contributed by atoms with Gasteiger partial charge >= 0.3 is 0 Å². The van der Waals surface area contributed by atoms with Crippen LogP contribution in [0.5, 0.6) is 0 Å².